The highest BCUT2D eigenvalue weighted by Crippen LogP contribution is 2.36. The fraction of sp³-hybridized carbons (Fsp3) is 0.789. The molecule has 24 heavy (non-hydrogen) atoms. The van der Waals surface area contributed by atoms with Crippen molar-refractivity contribution in [1.29, 1.82) is 0 Å². The van der Waals surface area contributed by atoms with Gasteiger partial charge in [0.15, 0.2) is 0 Å². The van der Waals surface area contributed by atoms with E-state index in [2.05, 4.69) is 27.4 Å². The van der Waals surface area contributed by atoms with Crippen LogP contribution in [-0.2, 0) is 9.53 Å². The van der Waals surface area contributed by atoms with Crippen molar-refractivity contribution in [2.45, 2.75) is 78.5 Å². The molecule has 136 valence electrons. The van der Waals surface area contributed by atoms with Crippen molar-refractivity contribution in [1.82, 2.24) is 9.80 Å². The fourth-order valence-electron chi connectivity index (χ4n) is 3.61. The van der Waals surface area contributed by atoms with Gasteiger partial charge in [-0.2, -0.15) is 0 Å². The molecule has 0 aromatic rings. The van der Waals surface area contributed by atoms with Crippen molar-refractivity contribution in [3.8, 4) is 0 Å². The number of amides is 2. The summed E-state index contributed by atoms with van der Waals surface area (Å²) in [6.07, 6.45) is 2.09. The Morgan fingerprint density at radius 3 is 2.25 bits per heavy atom. The van der Waals surface area contributed by atoms with Gasteiger partial charge in [0.05, 0.1) is 0 Å². The normalized spacial score (nSPS) is 26.1. The lowest BCUT2D eigenvalue weighted by atomic mass is 9.79. The van der Waals surface area contributed by atoms with Crippen molar-refractivity contribution in [3.63, 3.8) is 0 Å². The van der Waals surface area contributed by atoms with Crippen LogP contribution in [-0.4, -0.2) is 52.6 Å². The number of carbonyl (C=O) groups excluding carboxylic acids is 2. The Balaban J connectivity index is 2.15. The minimum absolute atomic E-state index is 0.0489. The molecule has 0 saturated carbocycles. The summed E-state index contributed by atoms with van der Waals surface area (Å²) in [6, 6.07) is 0.229. The minimum Gasteiger partial charge on any atom is -0.444 e. The lowest BCUT2D eigenvalue weighted by Gasteiger charge is -2.47. The average Bonchev–Trinajstić information content (AvgIpc) is 2.75. The van der Waals surface area contributed by atoms with E-state index < -0.39 is 5.60 Å². The van der Waals surface area contributed by atoms with Crippen LogP contribution in [0, 0.1) is 5.41 Å². The molecule has 5 nitrogen and oxygen atoms in total. The first-order valence-corrected chi connectivity index (χ1v) is 8.88. The van der Waals surface area contributed by atoms with E-state index in [1.165, 1.54) is 0 Å². The summed E-state index contributed by atoms with van der Waals surface area (Å²) in [6.45, 7) is 17.3. The molecule has 2 aliphatic rings. The molecule has 0 spiro atoms. The summed E-state index contributed by atoms with van der Waals surface area (Å²) in [5, 5.41) is 0. The van der Waals surface area contributed by atoms with Gasteiger partial charge >= 0.3 is 6.09 Å². The van der Waals surface area contributed by atoms with E-state index in [9.17, 15) is 9.59 Å². The zero-order valence-corrected chi connectivity index (χ0v) is 16.0. The number of hydrogen-bond donors (Lipinski definition) is 0. The smallest absolute Gasteiger partial charge is 0.410 e. The van der Waals surface area contributed by atoms with Gasteiger partial charge in [-0.1, -0.05) is 27.4 Å². The van der Waals surface area contributed by atoms with E-state index in [4.69, 9.17) is 4.74 Å². The maximum Gasteiger partial charge on any atom is 0.410 e. The number of piperidine rings is 1. The van der Waals surface area contributed by atoms with Crippen molar-refractivity contribution >= 4 is 12.0 Å². The number of nitrogens with zero attached hydrogens (tertiary/aromatic N) is 2. The van der Waals surface area contributed by atoms with Crippen LogP contribution in [0.25, 0.3) is 0 Å². The van der Waals surface area contributed by atoms with Gasteiger partial charge in [-0.3, -0.25) is 4.79 Å². The Hall–Kier alpha value is -1.52. The molecule has 2 amide bonds. The molecule has 0 aliphatic carbocycles. The van der Waals surface area contributed by atoms with Crippen molar-refractivity contribution in [2.24, 2.45) is 5.41 Å². The second-order valence-corrected chi connectivity index (χ2v) is 9.09. The summed E-state index contributed by atoms with van der Waals surface area (Å²) in [7, 11) is 0. The molecule has 0 aromatic heterocycles. The molecule has 2 fully saturated rings. The fourth-order valence-corrected chi connectivity index (χ4v) is 3.61. The predicted octanol–water partition coefficient (Wildman–Crippen LogP) is 3.59. The zero-order valence-electron chi connectivity index (χ0n) is 16.0. The average molecular weight is 336 g/mol. The molecule has 2 unspecified atom stereocenters. The van der Waals surface area contributed by atoms with Gasteiger partial charge in [-0.05, 0) is 45.4 Å². The van der Waals surface area contributed by atoms with E-state index in [-0.39, 0.29) is 29.5 Å². The van der Waals surface area contributed by atoms with E-state index in [1.807, 2.05) is 30.6 Å². The second kappa shape index (κ2) is 6.41. The lowest BCUT2D eigenvalue weighted by molar-refractivity contribution is -0.128. The Bertz CT molecular complexity index is 528. The minimum atomic E-state index is -0.501. The van der Waals surface area contributed by atoms with Crippen LogP contribution in [0.3, 0.4) is 0 Å². The summed E-state index contributed by atoms with van der Waals surface area (Å²) in [4.78, 5) is 28.7. The highest BCUT2D eigenvalue weighted by molar-refractivity contribution is 5.95. The van der Waals surface area contributed by atoms with Crippen molar-refractivity contribution in [2.75, 3.05) is 13.1 Å². The number of ether oxygens (including phenoxy) is 1. The number of rotatable bonds is 1. The third-order valence-electron chi connectivity index (χ3n) is 4.86. The third-order valence-corrected chi connectivity index (χ3v) is 4.86. The molecule has 0 N–H and O–H groups in total. The van der Waals surface area contributed by atoms with Crippen molar-refractivity contribution < 1.29 is 14.3 Å². The maximum absolute atomic E-state index is 12.6. The Kier molecular flexibility index (Phi) is 5.03. The van der Waals surface area contributed by atoms with Crippen LogP contribution in [0.15, 0.2) is 12.2 Å². The van der Waals surface area contributed by atoms with Gasteiger partial charge in [0.1, 0.15) is 5.60 Å². The van der Waals surface area contributed by atoms with Crippen LogP contribution >= 0.6 is 0 Å². The van der Waals surface area contributed by atoms with Crippen LogP contribution in [0.4, 0.5) is 4.79 Å². The molecule has 2 heterocycles. The zero-order chi connectivity index (χ0) is 18.3. The highest BCUT2D eigenvalue weighted by atomic mass is 16.6. The molecule has 2 rings (SSSR count). The number of likely N-dealkylation sites (tertiary alicyclic amines) is 2. The van der Waals surface area contributed by atoms with Crippen LogP contribution in [0.2, 0.25) is 0 Å². The Morgan fingerprint density at radius 1 is 1.17 bits per heavy atom. The van der Waals surface area contributed by atoms with Crippen LogP contribution in [0.5, 0.6) is 0 Å². The molecule has 2 atom stereocenters. The first-order chi connectivity index (χ1) is 10.9. The quantitative estimate of drug-likeness (QED) is 0.688. The van der Waals surface area contributed by atoms with E-state index in [0.717, 1.165) is 25.8 Å². The third kappa shape index (κ3) is 4.11. The summed E-state index contributed by atoms with van der Waals surface area (Å²) < 4.78 is 5.59. The lowest BCUT2D eigenvalue weighted by Crippen LogP contribution is -2.57. The molecule has 0 aromatic carbocycles. The first kappa shape index (κ1) is 18.8. The number of carbonyl (C=O) groups is 2. The van der Waals surface area contributed by atoms with Crippen molar-refractivity contribution in [3.05, 3.63) is 12.2 Å². The van der Waals surface area contributed by atoms with E-state index in [1.54, 1.807) is 0 Å². The number of hydrogen-bond acceptors (Lipinski definition) is 3. The van der Waals surface area contributed by atoms with Crippen LogP contribution < -0.4 is 0 Å². The molecular formula is C19H32N2O3. The molecule has 0 bridgehead atoms. The molecule has 2 saturated heterocycles. The van der Waals surface area contributed by atoms with Gasteiger partial charge in [0.2, 0.25) is 5.91 Å². The Morgan fingerprint density at radius 2 is 1.79 bits per heavy atom. The van der Waals surface area contributed by atoms with Gasteiger partial charge < -0.3 is 14.5 Å². The highest BCUT2D eigenvalue weighted by Gasteiger charge is 2.43. The van der Waals surface area contributed by atoms with E-state index in [0.29, 0.717) is 12.1 Å². The topological polar surface area (TPSA) is 49.9 Å². The molecule has 2 aliphatic heterocycles. The van der Waals surface area contributed by atoms with Crippen LogP contribution in [0.1, 0.15) is 60.8 Å². The monoisotopic (exact) mass is 336 g/mol. The standard InChI is InChI=1S/C19H32N2O3/c1-13-8-10-20(16(13)22)14-9-11-21(15(12-14)18(2,3)4)17(23)24-19(5,6)7/h14-15H,1,8-12H2,2-7H3. The second-order valence-electron chi connectivity index (χ2n) is 9.09. The summed E-state index contributed by atoms with van der Waals surface area (Å²) >= 11 is 0. The van der Waals surface area contributed by atoms with Gasteiger partial charge in [0.25, 0.3) is 0 Å². The predicted molar refractivity (Wildman–Crippen MR) is 94.7 cm³/mol. The largest absolute Gasteiger partial charge is 0.444 e. The Labute approximate surface area is 146 Å². The SMILES string of the molecule is C=C1CCN(C2CCN(C(=O)OC(C)(C)C)C(C(C)(C)C)C2)C1=O. The van der Waals surface area contributed by atoms with Gasteiger partial charge in [0, 0.05) is 30.7 Å². The van der Waals surface area contributed by atoms with E-state index >= 15 is 0 Å². The summed E-state index contributed by atoms with van der Waals surface area (Å²) in [5.41, 5.74) is 0.130. The molecule has 5 heteroatoms. The molecule has 0 radical (unpaired) electrons. The van der Waals surface area contributed by atoms with Gasteiger partial charge in [-0.15, -0.1) is 0 Å². The van der Waals surface area contributed by atoms with Gasteiger partial charge in [-0.25, -0.2) is 4.79 Å². The molecular weight excluding hydrogens is 304 g/mol. The first-order valence-electron chi connectivity index (χ1n) is 8.88. The summed E-state index contributed by atoms with van der Waals surface area (Å²) in [5.74, 6) is 0.0818. The maximum atomic E-state index is 12.6.